The zero-order valence-electron chi connectivity index (χ0n) is 10.9. The molecule has 1 saturated heterocycles. The van der Waals surface area contributed by atoms with Crippen molar-refractivity contribution in [2.24, 2.45) is 5.73 Å². The van der Waals surface area contributed by atoms with E-state index in [1.165, 1.54) is 17.0 Å². The number of carbonyl (C=O) groups excluding carboxylic acids is 3. The van der Waals surface area contributed by atoms with E-state index in [0.29, 0.717) is 11.3 Å². The molecule has 2 N–H and O–H groups in total. The summed E-state index contributed by atoms with van der Waals surface area (Å²) in [6.45, 7) is 1.70. The molecule has 1 heterocycles. The van der Waals surface area contributed by atoms with E-state index in [1.807, 2.05) is 0 Å². The summed E-state index contributed by atoms with van der Waals surface area (Å²) in [6, 6.07) is 4.33. The minimum absolute atomic E-state index is 0.184. The van der Waals surface area contributed by atoms with Crippen LogP contribution in [0.5, 0.6) is 0 Å². The van der Waals surface area contributed by atoms with Gasteiger partial charge in [0.15, 0.2) is 0 Å². The van der Waals surface area contributed by atoms with Gasteiger partial charge in [0.25, 0.3) is 0 Å². The van der Waals surface area contributed by atoms with Crippen LogP contribution >= 0.6 is 0 Å². The lowest BCUT2D eigenvalue weighted by Crippen LogP contribution is -2.56. The number of anilines is 1. The number of amides is 3. The number of halogens is 1. The number of hydrogen-bond donors (Lipinski definition) is 1. The number of piperazine rings is 1. The van der Waals surface area contributed by atoms with Gasteiger partial charge in [-0.15, -0.1) is 0 Å². The van der Waals surface area contributed by atoms with Gasteiger partial charge in [-0.05, 0) is 24.6 Å². The number of aryl methyl sites for hydroxylation is 1. The smallest absolute Gasteiger partial charge is 0.316 e. The van der Waals surface area contributed by atoms with Crippen molar-refractivity contribution >= 4 is 23.4 Å². The molecule has 1 fully saturated rings. The minimum atomic E-state index is -0.809. The quantitative estimate of drug-likeness (QED) is 0.777. The summed E-state index contributed by atoms with van der Waals surface area (Å²) in [5.74, 6) is -2.72. The number of primary amides is 1. The highest BCUT2D eigenvalue weighted by molar-refractivity contribution is 6.41. The van der Waals surface area contributed by atoms with Gasteiger partial charge in [0.2, 0.25) is 5.91 Å². The van der Waals surface area contributed by atoms with Gasteiger partial charge in [-0.1, -0.05) is 6.07 Å². The summed E-state index contributed by atoms with van der Waals surface area (Å²) >= 11 is 0. The highest BCUT2D eigenvalue weighted by atomic mass is 19.1. The van der Waals surface area contributed by atoms with E-state index in [1.54, 1.807) is 13.0 Å². The lowest BCUT2D eigenvalue weighted by atomic mass is 10.1. The van der Waals surface area contributed by atoms with Gasteiger partial charge in [0.1, 0.15) is 5.82 Å². The van der Waals surface area contributed by atoms with Gasteiger partial charge in [-0.2, -0.15) is 0 Å². The van der Waals surface area contributed by atoms with Crippen LogP contribution in [0.25, 0.3) is 0 Å². The SMILES string of the molecule is Cc1ccc(N2CCN(CC(N)=O)C(=O)C2=O)cc1F. The Morgan fingerprint density at radius 3 is 2.60 bits per heavy atom. The molecule has 0 unspecified atom stereocenters. The second-order valence-corrected chi connectivity index (χ2v) is 4.58. The van der Waals surface area contributed by atoms with Crippen LogP contribution in [0.3, 0.4) is 0 Å². The van der Waals surface area contributed by atoms with Crippen LogP contribution in [0.15, 0.2) is 18.2 Å². The second kappa shape index (κ2) is 5.28. The number of rotatable bonds is 3. The van der Waals surface area contributed by atoms with Crippen LogP contribution in [0.4, 0.5) is 10.1 Å². The number of nitrogens with two attached hydrogens (primary N) is 1. The fourth-order valence-electron chi connectivity index (χ4n) is 2.01. The van der Waals surface area contributed by atoms with Gasteiger partial charge in [0.05, 0.1) is 6.54 Å². The molecule has 1 aromatic carbocycles. The molecule has 1 aromatic rings. The molecule has 1 aliphatic heterocycles. The van der Waals surface area contributed by atoms with Gasteiger partial charge in [-0.3, -0.25) is 14.4 Å². The summed E-state index contributed by atoms with van der Waals surface area (Å²) in [5.41, 5.74) is 5.79. The second-order valence-electron chi connectivity index (χ2n) is 4.58. The summed E-state index contributed by atoms with van der Waals surface area (Å²) in [5, 5.41) is 0. The normalized spacial score (nSPS) is 15.7. The van der Waals surface area contributed by atoms with E-state index in [4.69, 9.17) is 5.73 Å². The minimum Gasteiger partial charge on any atom is -0.368 e. The van der Waals surface area contributed by atoms with Crippen LogP contribution in [-0.4, -0.2) is 42.3 Å². The number of hydrogen-bond acceptors (Lipinski definition) is 3. The number of carbonyl (C=O) groups is 3. The van der Waals surface area contributed by atoms with Crippen molar-refractivity contribution < 1.29 is 18.8 Å². The first-order valence-electron chi connectivity index (χ1n) is 6.05. The third-order valence-electron chi connectivity index (χ3n) is 3.12. The van der Waals surface area contributed by atoms with Crippen LogP contribution in [0.1, 0.15) is 5.56 Å². The summed E-state index contributed by atoms with van der Waals surface area (Å²) in [4.78, 5) is 36.9. The first kappa shape index (κ1) is 14.0. The molecule has 106 valence electrons. The molecule has 7 heteroatoms. The molecular formula is C13H14FN3O3. The van der Waals surface area contributed by atoms with E-state index in [-0.39, 0.29) is 19.6 Å². The van der Waals surface area contributed by atoms with Crippen molar-refractivity contribution in [3.05, 3.63) is 29.6 Å². The van der Waals surface area contributed by atoms with Crippen LogP contribution in [0.2, 0.25) is 0 Å². The molecule has 6 nitrogen and oxygen atoms in total. The van der Waals surface area contributed by atoms with Gasteiger partial charge in [-0.25, -0.2) is 4.39 Å². The summed E-state index contributed by atoms with van der Waals surface area (Å²) < 4.78 is 13.5. The van der Waals surface area contributed by atoms with Crippen LogP contribution < -0.4 is 10.6 Å². The van der Waals surface area contributed by atoms with Crippen molar-refractivity contribution in [1.82, 2.24) is 4.90 Å². The lowest BCUT2D eigenvalue weighted by Gasteiger charge is -2.33. The van der Waals surface area contributed by atoms with E-state index in [0.717, 1.165) is 4.90 Å². The van der Waals surface area contributed by atoms with Crippen molar-refractivity contribution in [2.75, 3.05) is 24.5 Å². The standard InChI is InChI=1S/C13H14FN3O3/c1-8-2-3-9(6-10(8)14)17-5-4-16(7-11(15)18)12(19)13(17)20/h2-3,6H,4-5,7H2,1H3,(H2,15,18). The third kappa shape index (κ3) is 2.61. The monoisotopic (exact) mass is 279 g/mol. The van der Waals surface area contributed by atoms with Crippen LogP contribution in [0, 0.1) is 12.7 Å². The molecule has 3 amide bonds. The van der Waals surface area contributed by atoms with Gasteiger partial charge < -0.3 is 15.5 Å². The third-order valence-corrected chi connectivity index (χ3v) is 3.12. The van der Waals surface area contributed by atoms with E-state index in [9.17, 15) is 18.8 Å². The molecular weight excluding hydrogens is 265 g/mol. The van der Waals surface area contributed by atoms with Crippen LogP contribution in [-0.2, 0) is 14.4 Å². The maximum Gasteiger partial charge on any atom is 0.316 e. The molecule has 2 rings (SSSR count). The van der Waals surface area contributed by atoms with E-state index >= 15 is 0 Å². The largest absolute Gasteiger partial charge is 0.368 e. The molecule has 1 aliphatic rings. The molecule has 0 saturated carbocycles. The molecule has 0 atom stereocenters. The van der Waals surface area contributed by atoms with Crippen molar-refractivity contribution in [2.45, 2.75) is 6.92 Å². The van der Waals surface area contributed by atoms with Crippen molar-refractivity contribution in [3.8, 4) is 0 Å². The van der Waals surface area contributed by atoms with Crippen molar-refractivity contribution in [3.63, 3.8) is 0 Å². The Hall–Kier alpha value is -2.44. The summed E-state index contributed by atoms with van der Waals surface area (Å²) in [7, 11) is 0. The number of nitrogens with zero attached hydrogens (tertiary/aromatic N) is 2. The highest BCUT2D eigenvalue weighted by Crippen LogP contribution is 2.20. The van der Waals surface area contributed by atoms with Crippen molar-refractivity contribution in [1.29, 1.82) is 0 Å². The Balaban J connectivity index is 2.20. The lowest BCUT2D eigenvalue weighted by molar-refractivity contribution is -0.147. The topological polar surface area (TPSA) is 83.7 Å². The highest BCUT2D eigenvalue weighted by Gasteiger charge is 2.34. The van der Waals surface area contributed by atoms with Gasteiger partial charge in [0, 0.05) is 18.8 Å². The molecule has 0 radical (unpaired) electrons. The molecule has 0 bridgehead atoms. The molecule has 0 aromatic heterocycles. The molecule has 20 heavy (non-hydrogen) atoms. The van der Waals surface area contributed by atoms with Gasteiger partial charge >= 0.3 is 11.8 Å². The first-order chi connectivity index (χ1) is 9.40. The summed E-state index contributed by atoms with van der Waals surface area (Å²) in [6.07, 6.45) is 0. The van der Waals surface area contributed by atoms with E-state index < -0.39 is 23.5 Å². The zero-order chi connectivity index (χ0) is 14.9. The Kier molecular flexibility index (Phi) is 3.69. The maximum atomic E-state index is 13.5. The average Bonchev–Trinajstić information content (AvgIpc) is 2.38. The first-order valence-corrected chi connectivity index (χ1v) is 6.05. The predicted molar refractivity (Wildman–Crippen MR) is 69.3 cm³/mol. The molecule has 0 aliphatic carbocycles. The fourth-order valence-corrected chi connectivity index (χ4v) is 2.01. The Labute approximate surface area is 114 Å². The Bertz CT molecular complexity index is 588. The number of benzene rings is 1. The maximum absolute atomic E-state index is 13.5. The Morgan fingerprint density at radius 2 is 2.00 bits per heavy atom. The zero-order valence-corrected chi connectivity index (χ0v) is 10.9. The predicted octanol–water partition coefficient (Wildman–Crippen LogP) is -0.205. The van der Waals surface area contributed by atoms with E-state index in [2.05, 4.69) is 0 Å². The average molecular weight is 279 g/mol. The Morgan fingerprint density at radius 1 is 1.30 bits per heavy atom. The fraction of sp³-hybridized carbons (Fsp3) is 0.308. The molecule has 0 spiro atoms.